The molecule has 39 heavy (non-hydrogen) atoms. The molecule has 11 nitrogen and oxygen atoms in total. The Balaban J connectivity index is 1.20. The van der Waals surface area contributed by atoms with Crippen LogP contribution in [-0.4, -0.2) is 84.8 Å². The molecule has 5 atom stereocenters. The van der Waals surface area contributed by atoms with Crippen molar-refractivity contribution in [3.8, 4) is 17.0 Å². The van der Waals surface area contributed by atoms with Crippen molar-refractivity contribution in [2.45, 2.75) is 44.1 Å². The van der Waals surface area contributed by atoms with Gasteiger partial charge in [0.25, 0.3) is 5.91 Å². The first-order valence-corrected chi connectivity index (χ1v) is 12.8. The van der Waals surface area contributed by atoms with Crippen LogP contribution in [0.15, 0.2) is 43.0 Å². The van der Waals surface area contributed by atoms with Crippen molar-refractivity contribution in [1.82, 2.24) is 24.6 Å². The van der Waals surface area contributed by atoms with Crippen LogP contribution in [0, 0.1) is 12.8 Å². The van der Waals surface area contributed by atoms with Gasteiger partial charge in [-0.25, -0.2) is 14.4 Å². The quantitative estimate of drug-likeness (QED) is 0.393. The van der Waals surface area contributed by atoms with Crippen LogP contribution >= 0.6 is 0 Å². The number of carbonyl (C=O) groups excluding carboxylic acids is 2. The molecular formula is C27H31FN6O5. The van der Waals surface area contributed by atoms with Crippen LogP contribution in [0.2, 0.25) is 0 Å². The van der Waals surface area contributed by atoms with Gasteiger partial charge < -0.3 is 25.2 Å². The maximum Gasteiger partial charge on any atom is 0.253 e. The number of nitrogens with one attached hydrogen (secondary N) is 1. The van der Waals surface area contributed by atoms with Crippen LogP contribution in [0.25, 0.3) is 11.3 Å². The van der Waals surface area contributed by atoms with Crippen LogP contribution in [0.4, 0.5) is 10.2 Å². The highest BCUT2D eigenvalue weighted by molar-refractivity contribution is 5.94. The number of aliphatic hydroxyl groups is 2. The van der Waals surface area contributed by atoms with Crippen molar-refractivity contribution >= 4 is 17.6 Å². The minimum Gasteiger partial charge on any atom is -0.487 e. The van der Waals surface area contributed by atoms with Gasteiger partial charge in [0, 0.05) is 43.8 Å². The molecule has 3 heterocycles. The van der Waals surface area contributed by atoms with E-state index in [0.717, 1.165) is 23.1 Å². The summed E-state index contributed by atoms with van der Waals surface area (Å²) < 4.78 is 22.5. The molecule has 3 N–H and O–H groups in total. The topological polar surface area (TPSA) is 143 Å². The number of rotatable bonds is 8. The Hall–Kier alpha value is -3.90. The summed E-state index contributed by atoms with van der Waals surface area (Å²) in [5, 5.41) is 25.6. The Kier molecular flexibility index (Phi) is 7.58. The molecule has 2 amide bonds. The summed E-state index contributed by atoms with van der Waals surface area (Å²) in [7, 11) is 1.85. The number of benzene rings is 1. The van der Waals surface area contributed by atoms with E-state index in [4.69, 9.17) is 9.84 Å². The largest absolute Gasteiger partial charge is 0.487 e. The fourth-order valence-electron chi connectivity index (χ4n) is 4.90. The van der Waals surface area contributed by atoms with Crippen LogP contribution in [0.3, 0.4) is 0 Å². The number of alkyl halides is 1. The van der Waals surface area contributed by atoms with E-state index in [1.807, 2.05) is 26.2 Å². The van der Waals surface area contributed by atoms with Crippen molar-refractivity contribution in [3.05, 3.63) is 54.1 Å². The SMILES string of the molecule is Cc1cc(-c2cc(NC(=O)[C@@H]3C[C@H]3c3cnn(C)c3)ncn2)ccc1O[C@H]1CCN(C(=O)[C@@H](O)CO)C[C@H]1F. The van der Waals surface area contributed by atoms with Gasteiger partial charge >= 0.3 is 0 Å². The van der Waals surface area contributed by atoms with E-state index in [1.165, 1.54) is 11.2 Å². The van der Waals surface area contributed by atoms with E-state index in [-0.39, 0.29) is 37.3 Å². The lowest BCUT2D eigenvalue weighted by Crippen LogP contribution is -2.52. The van der Waals surface area contributed by atoms with E-state index in [9.17, 15) is 19.1 Å². The lowest BCUT2D eigenvalue weighted by atomic mass is 10.0. The van der Waals surface area contributed by atoms with Crippen molar-refractivity contribution in [1.29, 1.82) is 0 Å². The standard InChI is InChI=1S/C27H31FN6O5/c1-15-7-16(3-4-23(15)39-24-5-6-34(12-20(24)28)27(38)22(36)13-35)21-9-25(30-14-29-21)32-26(37)19-8-18(19)17-10-31-33(2)11-17/h3-4,7,9-11,14,18-20,22,24,35-36H,5-6,8,12-13H2,1-2H3,(H,29,30,32,37)/t18-,19+,20+,22-,24-/m0/s1. The number of halogens is 1. The van der Waals surface area contributed by atoms with Crippen molar-refractivity contribution < 1.29 is 28.9 Å². The maximum absolute atomic E-state index is 14.8. The monoisotopic (exact) mass is 538 g/mol. The molecule has 0 bridgehead atoms. The van der Waals surface area contributed by atoms with Gasteiger partial charge in [-0.15, -0.1) is 0 Å². The lowest BCUT2D eigenvalue weighted by Gasteiger charge is -2.35. The van der Waals surface area contributed by atoms with E-state index >= 15 is 0 Å². The zero-order valence-corrected chi connectivity index (χ0v) is 21.7. The average molecular weight is 539 g/mol. The summed E-state index contributed by atoms with van der Waals surface area (Å²) in [6.45, 7) is 1.15. The highest BCUT2D eigenvalue weighted by atomic mass is 19.1. The Morgan fingerprint density at radius 3 is 2.79 bits per heavy atom. The molecule has 2 aromatic heterocycles. The van der Waals surface area contributed by atoms with Crippen LogP contribution < -0.4 is 10.1 Å². The fraction of sp³-hybridized carbons (Fsp3) is 0.444. The Morgan fingerprint density at radius 2 is 2.10 bits per heavy atom. The molecule has 1 saturated heterocycles. The number of aliphatic hydroxyl groups excluding tert-OH is 2. The van der Waals surface area contributed by atoms with Gasteiger partial charge in [0.05, 0.1) is 25.0 Å². The fourth-order valence-corrected chi connectivity index (χ4v) is 4.90. The summed E-state index contributed by atoms with van der Waals surface area (Å²) in [5.74, 6) is 0.194. The Labute approximate surface area is 224 Å². The Morgan fingerprint density at radius 1 is 1.28 bits per heavy atom. The molecule has 0 unspecified atom stereocenters. The predicted octanol–water partition coefficient (Wildman–Crippen LogP) is 1.60. The maximum atomic E-state index is 14.8. The number of aromatic nitrogens is 4. The number of piperidine rings is 1. The molecule has 1 aromatic carbocycles. The number of hydrogen-bond donors (Lipinski definition) is 3. The second-order valence-electron chi connectivity index (χ2n) is 10.1. The van der Waals surface area contributed by atoms with Gasteiger partial charge in [0.1, 0.15) is 24.0 Å². The first-order valence-electron chi connectivity index (χ1n) is 12.8. The molecule has 3 aromatic rings. The van der Waals surface area contributed by atoms with Gasteiger partial charge in [-0.1, -0.05) is 0 Å². The summed E-state index contributed by atoms with van der Waals surface area (Å²) in [5.41, 5.74) is 3.23. The second-order valence-corrected chi connectivity index (χ2v) is 10.1. The molecule has 1 saturated carbocycles. The highest BCUT2D eigenvalue weighted by Crippen LogP contribution is 2.47. The number of aryl methyl sites for hydroxylation is 2. The van der Waals surface area contributed by atoms with Crippen molar-refractivity contribution in [3.63, 3.8) is 0 Å². The average Bonchev–Trinajstić information content (AvgIpc) is 3.62. The molecule has 2 aliphatic rings. The minimum absolute atomic E-state index is 0.0900. The summed E-state index contributed by atoms with van der Waals surface area (Å²) in [4.78, 5) is 34.5. The Bertz CT molecular complexity index is 1370. The number of hydrogen-bond acceptors (Lipinski definition) is 8. The molecule has 2 fully saturated rings. The highest BCUT2D eigenvalue weighted by Gasteiger charge is 2.44. The lowest BCUT2D eigenvalue weighted by molar-refractivity contribution is -0.146. The minimum atomic E-state index is -1.54. The summed E-state index contributed by atoms with van der Waals surface area (Å²) in [6, 6.07) is 7.12. The molecule has 206 valence electrons. The van der Waals surface area contributed by atoms with E-state index in [1.54, 1.807) is 29.1 Å². The molecule has 1 aliphatic carbocycles. The normalized spacial score (nSPS) is 23.3. The van der Waals surface area contributed by atoms with Crippen LogP contribution in [0.1, 0.15) is 29.9 Å². The van der Waals surface area contributed by atoms with E-state index in [2.05, 4.69) is 20.4 Å². The summed E-state index contributed by atoms with van der Waals surface area (Å²) >= 11 is 0. The predicted molar refractivity (Wildman–Crippen MR) is 138 cm³/mol. The number of likely N-dealkylation sites (tertiary alicyclic amines) is 1. The third kappa shape index (κ3) is 5.91. The number of anilines is 1. The number of carbonyl (C=O) groups is 2. The smallest absolute Gasteiger partial charge is 0.253 e. The number of nitrogens with zero attached hydrogens (tertiary/aromatic N) is 5. The molecule has 0 radical (unpaired) electrons. The molecule has 0 spiro atoms. The first-order chi connectivity index (χ1) is 18.7. The molecule has 1 aliphatic heterocycles. The van der Waals surface area contributed by atoms with Crippen molar-refractivity contribution in [2.24, 2.45) is 13.0 Å². The number of amides is 2. The summed E-state index contributed by atoms with van der Waals surface area (Å²) in [6.07, 6.45) is 2.41. The third-order valence-corrected chi connectivity index (χ3v) is 7.20. The van der Waals surface area contributed by atoms with Crippen LogP contribution in [-0.2, 0) is 16.6 Å². The van der Waals surface area contributed by atoms with Gasteiger partial charge in [-0.3, -0.25) is 14.3 Å². The van der Waals surface area contributed by atoms with Crippen molar-refractivity contribution in [2.75, 3.05) is 25.0 Å². The van der Waals surface area contributed by atoms with E-state index in [0.29, 0.717) is 17.3 Å². The van der Waals surface area contributed by atoms with E-state index < -0.39 is 30.9 Å². The van der Waals surface area contributed by atoms with Gasteiger partial charge in [0.15, 0.2) is 12.3 Å². The molecular weight excluding hydrogens is 507 g/mol. The van der Waals surface area contributed by atoms with Gasteiger partial charge in [-0.05, 0) is 48.6 Å². The van der Waals surface area contributed by atoms with Gasteiger partial charge in [0.2, 0.25) is 5.91 Å². The molecule has 5 rings (SSSR count). The second kappa shape index (κ2) is 11.1. The van der Waals surface area contributed by atoms with Gasteiger partial charge in [-0.2, -0.15) is 5.10 Å². The van der Waals surface area contributed by atoms with Crippen LogP contribution in [0.5, 0.6) is 5.75 Å². The zero-order valence-electron chi connectivity index (χ0n) is 21.7. The number of ether oxygens (including phenoxy) is 1. The third-order valence-electron chi connectivity index (χ3n) is 7.20. The molecule has 12 heteroatoms. The zero-order chi connectivity index (χ0) is 27.7. The first kappa shape index (κ1) is 26.7.